The van der Waals surface area contributed by atoms with Crippen molar-refractivity contribution in [2.45, 2.75) is 83.2 Å². The normalized spacial score (nSPS) is 21.8. The Morgan fingerprint density at radius 3 is 2.44 bits per heavy atom. The maximum absolute atomic E-state index is 14.5. The number of sulfonamides is 1. The van der Waals surface area contributed by atoms with Gasteiger partial charge in [-0.05, 0) is 106 Å². The molecule has 5 nitrogen and oxygen atoms in total. The van der Waals surface area contributed by atoms with Gasteiger partial charge in [0.15, 0.2) is 0 Å². The smallest absolute Gasteiger partial charge is 0.243 e. The van der Waals surface area contributed by atoms with Crippen LogP contribution in [0, 0.1) is 25.1 Å². The van der Waals surface area contributed by atoms with Gasteiger partial charge in [-0.25, -0.2) is 12.8 Å². The van der Waals surface area contributed by atoms with E-state index in [1.807, 2.05) is 31.7 Å². The largest absolute Gasteiger partial charge is 0.342 e. The Balaban J connectivity index is 1.86. The molecule has 2 unspecified atom stereocenters. The van der Waals surface area contributed by atoms with E-state index in [4.69, 9.17) is 11.6 Å². The van der Waals surface area contributed by atoms with Gasteiger partial charge in [-0.15, -0.1) is 0 Å². The average molecular weight is 535 g/mol. The highest BCUT2D eigenvalue weighted by Gasteiger charge is 2.61. The third-order valence-electron chi connectivity index (χ3n) is 7.74. The van der Waals surface area contributed by atoms with Gasteiger partial charge >= 0.3 is 0 Å². The summed E-state index contributed by atoms with van der Waals surface area (Å²) in [4.78, 5) is 15.8. The molecule has 0 spiro atoms. The summed E-state index contributed by atoms with van der Waals surface area (Å²) in [5.41, 5.74) is 1.31. The van der Waals surface area contributed by atoms with E-state index in [-0.39, 0.29) is 16.6 Å². The standard InChI is InChI=1S/C28H36ClFN2O3S/c1-5-14-31(6-2)27(33)28(12-13-28)26-9-7-8-25(21-15-19(3)16-22(30)18-21)32(26)36(34,35)23-10-11-24(29)20(4)17-23/h10-11,15-18,25-26H,5-9,12-14H2,1-4H3. The van der Waals surface area contributed by atoms with Crippen molar-refractivity contribution in [3.05, 3.63) is 63.9 Å². The Bertz CT molecular complexity index is 1230. The van der Waals surface area contributed by atoms with Gasteiger partial charge < -0.3 is 4.90 Å². The first-order valence-corrected chi connectivity index (χ1v) is 14.7. The molecule has 0 N–H and O–H groups in total. The van der Waals surface area contributed by atoms with Crippen LogP contribution in [0.5, 0.6) is 0 Å². The highest BCUT2D eigenvalue weighted by Crippen LogP contribution is 2.57. The summed E-state index contributed by atoms with van der Waals surface area (Å²) >= 11 is 6.21. The summed E-state index contributed by atoms with van der Waals surface area (Å²) < 4.78 is 44.7. The predicted molar refractivity (Wildman–Crippen MR) is 141 cm³/mol. The lowest BCUT2D eigenvalue weighted by molar-refractivity contribution is -0.139. The lowest BCUT2D eigenvalue weighted by Crippen LogP contribution is -2.54. The van der Waals surface area contributed by atoms with E-state index < -0.39 is 27.5 Å². The fraction of sp³-hybridized carbons (Fsp3) is 0.536. The van der Waals surface area contributed by atoms with Crippen LogP contribution >= 0.6 is 11.6 Å². The summed E-state index contributed by atoms with van der Waals surface area (Å²) in [6.45, 7) is 8.84. The number of aryl methyl sites for hydroxylation is 2. The molecule has 1 aliphatic heterocycles. The Hall–Kier alpha value is -1.96. The second-order valence-corrected chi connectivity index (χ2v) is 12.6. The monoisotopic (exact) mass is 534 g/mol. The Morgan fingerprint density at radius 1 is 1.14 bits per heavy atom. The van der Waals surface area contributed by atoms with E-state index in [0.717, 1.165) is 18.4 Å². The highest BCUT2D eigenvalue weighted by atomic mass is 35.5. The van der Waals surface area contributed by atoms with E-state index in [2.05, 4.69) is 0 Å². The average Bonchev–Trinajstić information content (AvgIpc) is 3.64. The molecule has 2 aliphatic rings. The van der Waals surface area contributed by atoms with Crippen molar-refractivity contribution in [1.82, 2.24) is 9.21 Å². The fourth-order valence-electron chi connectivity index (χ4n) is 5.81. The minimum absolute atomic E-state index is 0.0420. The molecule has 8 heteroatoms. The molecule has 4 rings (SSSR count). The van der Waals surface area contributed by atoms with Gasteiger partial charge in [0.2, 0.25) is 15.9 Å². The van der Waals surface area contributed by atoms with Crippen LogP contribution < -0.4 is 0 Å². The van der Waals surface area contributed by atoms with Crippen molar-refractivity contribution >= 4 is 27.5 Å². The van der Waals surface area contributed by atoms with Crippen molar-refractivity contribution in [2.75, 3.05) is 13.1 Å². The number of piperidine rings is 1. The number of halogens is 2. The molecular formula is C28H36ClFN2O3S. The minimum atomic E-state index is -4.01. The first-order valence-electron chi connectivity index (χ1n) is 12.9. The summed E-state index contributed by atoms with van der Waals surface area (Å²) in [5.74, 6) is -0.343. The van der Waals surface area contributed by atoms with Crippen LogP contribution in [0.25, 0.3) is 0 Å². The quantitative estimate of drug-likeness (QED) is 0.392. The van der Waals surface area contributed by atoms with Crippen LogP contribution in [0.3, 0.4) is 0 Å². The Morgan fingerprint density at radius 2 is 1.86 bits per heavy atom. The van der Waals surface area contributed by atoms with E-state index >= 15 is 0 Å². The topological polar surface area (TPSA) is 57.7 Å². The zero-order chi connectivity index (χ0) is 26.3. The number of benzene rings is 2. The maximum Gasteiger partial charge on any atom is 0.243 e. The van der Waals surface area contributed by atoms with Crippen LogP contribution in [0.2, 0.25) is 5.02 Å². The van der Waals surface area contributed by atoms with Gasteiger partial charge in [0.1, 0.15) is 5.82 Å². The molecule has 1 saturated carbocycles. The molecule has 2 aromatic carbocycles. The van der Waals surface area contributed by atoms with Gasteiger partial charge in [0.25, 0.3) is 0 Å². The summed E-state index contributed by atoms with van der Waals surface area (Å²) in [7, 11) is -4.01. The summed E-state index contributed by atoms with van der Waals surface area (Å²) in [5, 5.41) is 0.494. The van der Waals surface area contributed by atoms with Gasteiger partial charge in [0.05, 0.1) is 16.4 Å². The predicted octanol–water partition coefficient (Wildman–Crippen LogP) is 6.42. The second-order valence-electron chi connectivity index (χ2n) is 10.3. The second kappa shape index (κ2) is 10.4. The van der Waals surface area contributed by atoms with Crippen molar-refractivity contribution < 1.29 is 17.6 Å². The first-order chi connectivity index (χ1) is 17.0. The van der Waals surface area contributed by atoms with Gasteiger partial charge in [-0.1, -0.05) is 24.6 Å². The molecule has 2 atom stereocenters. The molecule has 36 heavy (non-hydrogen) atoms. The Labute approximate surface area is 219 Å². The van der Waals surface area contributed by atoms with Crippen LogP contribution in [-0.2, 0) is 14.8 Å². The number of hydrogen-bond acceptors (Lipinski definition) is 3. The van der Waals surface area contributed by atoms with E-state index in [1.165, 1.54) is 18.2 Å². The molecule has 0 radical (unpaired) electrons. The summed E-state index contributed by atoms with van der Waals surface area (Å²) in [6, 6.07) is 8.43. The van der Waals surface area contributed by atoms with Crippen molar-refractivity contribution in [1.29, 1.82) is 0 Å². The molecule has 1 amide bonds. The Kier molecular flexibility index (Phi) is 7.84. The zero-order valence-corrected chi connectivity index (χ0v) is 23.1. The van der Waals surface area contributed by atoms with Crippen LogP contribution in [0.4, 0.5) is 4.39 Å². The van der Waals surface area contributed by atoms with Crippen LogP contribution in [0.15, 0.2) is 41.3 Å². The van der Waals surface area contributed by atoms with Crippen LogP contribution in [-0.4, -0.2) is 42.7 Å². The molecule has 0 aromatic heterocycles. The number of amides is 1. The van der Waals surface area contributed by atoms with E-state index in [9.17, 15) is 17.6 Å². The van der Waals surface area contributed by atoms with Crippen molar-refractivity contribution in [3.8, 4) is 0 Å². The molecule has 1 heterocycles. The van der Waals surface area contributed by atoms with Crippen molar-refractivity contribution in [2.24, 2.45) is 5.41 Å². The van der Waals surface area contributed by atoms with Gasteiger partial charge in [-0.2, -0.15) is 4.31 Å². The fourth-order valence-corrected chi connectivity index (χ4v) is 7.94. The molecular weight excluding hydrogens is 499 g/mol. The third kappa shape index (κ3) is 4.94. The van der Waals surface area contributed by atoms with Gasteiger partial charge in [0, 0.05) is 24.2 Å². The lowest BCUT2D eigenvalue weighted by Gasteiger charge is -2.45. The molecule has 1 saturated heterocycles. The number of carbonyl (C=O) groups is 1. The maximum atomic E-state index is 14.5. The number of carbonyl (C=O) groups excluding carboxylic acids is 1. The molecule has 2 aromatic rings. The van der Waals surface area contributed by atoms with E-state index in [0.29, 0.717) is 54.9 Å². The van der Waals surface area contributed by atoms with Gasteiger partial charge in [-0.3, -0.25) is 4.79 Å². The van der Waals surface area contributed by atoms with Crippen molar-refractivity contribution in [3.63, 3.8) is 0 Å². The van der Waals surface area contributed by atoms with E-state index in [1.54, 1.807) is 23.4 Å². The number of rotatable bonds is 8. The number of hydrogen-bond donors (Lipinski definition) is 0. The number of nitrogens with zero attached hydrogens (tertiary/aromatic N) is 2. The zero-order valence-electron chi connectivity index (χ0n) is 21.6. The van der Waals surface area contributed by atoms with Crippen LogP contribution in [0.1, 0.15) is 75.1 Å². The molecule has 0 bridgehead atoms. The first kappa shape index (κ1) is 27.1. The molecule has 1 aliphatic carbocycles. The lowest BCUT2D eigenvalue weighted by atomic mass is 9.83. The highest BCUT2D eigenvalue weighted by molar-refractivity contribution is 7.89. The SMILES string of the molecule is CCCN(CC)C(=O)C1(C2CCCC(c3cc(C)cc(F)c3)N2S(=O)(=O)c2ccc(Cl)c(C)c2)CC1. The third-order valence-corrected chi connectivity index (χ3v) is 10.1. The molecule has 2 fully saturated rings. The molecule has 196 valence electrons. The summed E-state index contributed by atoms with van der Waals surface area (Å²) in [6.07, 6.45) is 4.12. The minimum Gasteiger partial charge on any atom is -0.342 e.